The number of nitro groups is 1. The summed E-state index contributed by atoms with van der Waals surface area (Å²) in [5.41, 5.74) is 2.84. The molecule has 0 saturated heterocycles. The Kier molecular flexibility index (Phi) is 5.83. The average Bonchev–Trinajstić information content (AvgIpc) is 3.01. The molecule has 0 bridgehead atoms. The van der Waals surface area contributed by atoms with E-state index < -0.39 is 10.8 Å². The lowest BCUT2D eigenvalue weighted by atomic mass is 10.3. The van der Waals surface area contributed by atoms with Crippen molar-refractivity contribution in [2.24, 2.45) is 5.10 Å². The summed E-state index contributed by atoms with van der Waals surface area (Å²) in [6.07, 6.45) is 0. The lowest BCUT2D eigenvalue weighted by Gasteiger charge is -2.05. The third kappa shape index (κ3) is 5.15. The van der Waals surface area contributed by atoms with Crippen LogP contribution in [0.5, 0.6) is 5.75 Å². The highest BCUT2D eigenvalue weighted by atomic mass is 79.9. The zero-order valence-corrected chi connectivity index (χ0v) is 14.4. The third-order valence-electron chi connectivity index (χ3n) is 2.67. The Morgan fingerprint density at radius 3 is 2.91 bits per heavy atom. The minimum Gasteiger partial charge on any atom is -0.484 e. The van der Waals surface area contributed by atoms with E-state index in [2.05, 4.69) is 26.5 Å². The molecule has 9 heteroatoms. The van der Waals surface area contributed by atoms with Crippen LogP contribution in [-0.2, 0) is 4.79 Å². The molecule has 0 spiro atoms. The van der Waals surface area contributed by atoms with Crippen molar-refractivity contribution < 1.29 is 14.5 Å². The van der Waals surface area contributed by atoms with Gasteiger partial charge in [-0.3, -0.25) is 14.9 Å². The normalized spacial score (nSPS) is 11.1. The van der Waals surface area contributed by atoms with Gasteiger partial charge in [0.05, 0.1) is 20.9 Å². The van der Waals surface area contributed by atoms with Crippen LogP contribution in [0.4, 0.5) is 5.69 Å². The van der Waals surface area contributed by atoms with Gasteiger partial charge in [-0.05, 0) is 25.1 Å². The van der Waals surface area contributed by atoms with Crippen LogP contribution >= 0.6 is 27.3 Å². The predicted molar refractivity (Wildman–Crippen MR) is 91.0 cm³/mol. The van der Waals surface area contributed by atoms with Gasteiger partial charge in [-0.1, -0.05) is 22.0 Å². The van der Waals surface area contributed by atoms with Gasteiger partial charge in [0, 0.05) is 10.5 Å². The first kappa shape index (κ1) is 17.1. The van der Waals surface area contributed by atoms with Gasteiger partial charge < -0.3 is 4.74 Å². The molecule has 0 radical (unpaired) electrons. The molecule has 0 aliphatic carbocycles. The number of rotatable bonds is 6. The SMILES string of the molecule is CC(=NNC(=O)COc1cccc(Br)c1)c1cc([N+](=O)[O-])cs1. The number of ether oxygens (including phenoxy) is 1. The van der Waals surface area contributed by atoms with E-state index in [9.17, 15) is 14.9 Å². The van der Waals surface area contributed by atoms with E-state index in [1.54, 1.807) is 25.1 Å². The zero-order chi connectivity index (χ0) is 16.8. The van der Waals surface area contributed by atoms with Crippen LogP contribution in [-0.4, -0.2) is 23.1 Å². The van der Waals surface area contributed by atoms with Gasteiger partial charge in [0.2, 0.25) is 0 Å². The van der Waals surface area contributed by atoms with Crippen molar-refractivity contribution in [3.05, 3.63) is 55.2 Å². The van der Waals surface area contributed by atoms with Gasteiger partial charge in [0.25, 0.3) is 11.6 Å². The summed E-state index contributed by atoms with van der Waals surface area (Å²) in [6.45, 7) is 1.48. The monoisotopic (exact) mass is 397 g/mol. The summed E-state index contributed by atoms with van der Waals surface area (Å²) in [5.74, 6) is 0.138. The summed E-state index contributed by atoms with van der Waals surface area (Å²) >= 11 is 4.50. The third-order valence-corrected chi connectivity index (χ3v) is 4.19. The number of thiophene rings is 1. The molecule has 120 valence electrons. The number of hydrogen-bond acceptors (Lipinski definition) is 6. The van der Waals surface area contributed by atoms with Crippen molar-refractivity contribution in [1.82, 2.24) is 5.43 Å². The summed E-state index contributed by atoms with van der Waals surface area (Å²) in [7, 11) is 0. The Bertz CT molecular complexity index is 760. The molecule has 0 unspecified atom stereocenters. The molecule has 1 aromatic carbocycles. The van der Waals surface area contributed by atoms with E-state index in [4.69, 9.17) is 4.74 Å². The maximum Gasteiger partial charge on any atom is 0.280 e. The molecule has 2 aromatic rings. The minimum atomic E-state index is -0.475. The van der Waals surface area contributed by atoms with E-state index in [1.807, 2.05) is 6.07 Å². The van der Waals surface area contributed by atoms with Gasteiger partial charge in [0.15, 0.2) is 6.61 Å². The summed E-state index contributed by atoms with van der Waals surface area (Å²) in [6, 6.07) is 8.53. The summed E-state index contributed by atoms with van der Waals surface area (Å²) < 4.78 is 6.17. The average molecular weight is 398 g/mol. The second-order valence-electron chi connectivity index (χ2n) is 4.40. The second-order valence-corrected chi connectivity index (χ2v) is 6.23. The van der Waals surface area contributed by atoms with E-state index in [0.717, 1.165) is 4.47 Å². The smallest absolute Gasteiger partial charge is 0.280 e. The van der Waals surface area contributed by atoms with Crippen molar-refractivity contribution >= 4 is 44.6 Å². The van der Waals surface area contributed by atoms with Crippen LogP contribution in [0.25, 0.3) is 0 Å². The molecule has 7 nitrogen and oxygen atoms in total. The second kappa shape index (κ2) is 7.84. The number of hydrazone groups is 1. The topological polar surface area (TPSA) is 93.8 Å². The number of nitrogens with one attached hydrogen (secondary N) is 1. The van der Waals surface area contributed by atoms with Gasteiger partial charge >= 0.3 is 0 Å². The van der Waals surface area contributed by atoms with Crippen LogP contribution in [0.2, 0.25) is 0 Å². The lowest BCUT2D eigenvalue weighted by Crippen LogP contribution is -2.25. The Hall–Kier alpha value is -2.26. The van der Waals surface area contributed by atoms with Crippen molar-refractivity contribution in [2.75, 3.05) is 6.61 Å². The molecule has 1 aromatic heterocycles. The number of nitrogens with zero attached hydrogens (tertiary/aromatic N) is 2. The van der Waals surface area contributed by atoms with Crippen LogP contribution in [0.3, 0.4) is 0 Å². The summed E-state index contributed by atoms with van der Waals surface area (Å²) in [4.78, 5) is 22.5. The maximum absolute atomic E-state index is 11.7. The molecule has 2 rings (SSSR count). The van der Waals surface area contributed by atoms with Gasteiger partial charge in [-0.25, -0.2) is 5.43 Å². The van der Waals surface area contributed by atoms with Crippen LogP contribution in [0, 0.1) is 10.1 Å². The molecule has 1 heterocycles. The molecule has 0 aliphatic rings. The largest absolute Gasteiger partial charge is 0.484 e. The number of halogens is 1. The molecule has 1 amide bonds. The highest BCUT2D eigenvalue weighted by molar-refractivity contribution is 9.10. The highest BCUT2D eigenvalue weighted by Gasteiger charge is 2.11. The first-order valence-corrected chi connectivity index (χ1v) is 8.08. The molecule has 0 fully saturated rings. The first-order valence-electron chi connectivity index (χ1n) is 6.40. The van der Waals surface area contributed by atoms with Crippen molar-refractivity contribution in [2.45, 2.75) is 6.92 Å². The van der Waals surface area contributed by atoms with Crippen molar-refractivity contribution in [1.29, 1.82) is 0 Å². The Balaban J connectivity index is 1.88. The fourth-order valence-electron chi connectivity index (χ4n) is 1.55. The molecule has 0 atom stereocenters. The number of carbonyl (C=O) groups excluding carboxylic acids is 1. The number of benzene rings is 1. The maximum atomic E-state index is 11.7. The zero-order valence-electron chi connectivity index (χ0n) is 12.0. The predicted octanol–water partition coefficient (Wildman–Crippen LogP) is 3.34. The number of amides is 1. The molecule has 23 heavy (non-hydrogen) atoms. The number of carbonyl (C=O) groups is 1. The van der Waals surface area contributed by atoms with E-state index in [0.29, 0.717) is 16.3 Å². The minimum absolute atomic E-state index is 0.00358. The van der Waals surface area contributed by atoms with Gasteiger partial charge in [-0.15, -0.1) is 11.3 Å². The Labute approximate surface area is 144 Å². The van der Waals surface area contributed by atoms with E-state index in [1.165, 1.54) is 22.8 Å². The fourth-order valence-corrected chi connectivity index (χ4v) is 2.74. The number of hydrogen-bond donors (Lipinski definition) is 1. The Morgan fingerprint density at radius 1 is 1.48 bits per heavy atom. The molecule has 1 N–H and O–H groups in total. The fraction of sp³-hybridized carbons (Fsp3) is 0.143. The van der Waals surface area contributed by atoms with E-state index >= 15 is 0 Å². The quantitative estimate of drug-likeness (QED) is 0.459. The van der Waals surface area contributed by atoms with Crippen molar-refractivity contribution in [3.8, 4) is 5.75 Å². The van der Waals surface area contributed by atoms with Crippen LogP contribution in [0.15, 0.2) is 45.3 Å². The first-order chi connectivity index (χ1) is 11.0. The summed E-state index contributed by atoms with van der Waals surface area (Å²) in [5, 5.41) is 16.0. The Morgan fingerprint density at radius 2 is 2.26 bits per heavy atom. The van der Waals surface area contributed by atoms with Crippen LogP contribution < -0.4 is 10.2 Å². The standard InChI is InChI=1S/C14H12BrN3O4S/c1-9(13-6-11(8-23-13)18(20)21)16-17-14(19)7-22-12-4-2-3-10(15)5-12/h2-6,8H,7H2,1H3,(H,17,19). The van der Waals surface area contributed by atoms with Crippen LogP contribution in [0.1, 0.15) is 11.8 Å². The van der Waals surface area contributed by atoms with Gasteiger partial charge in [-0.2, -0.15) is 5.10 Å². The lowest BCUT2D eigenvalue weighted by molar-refractivity contribution is -0.384. The molecule has 0 aliphatic heterocycles. The van der Waals surface area contributed by atoms with E-state index in [-0.39, 0.29) is 12.3 Å². The molecule has 0 saturated carbocycles. The highest BCUT2D eigenvalue weighted by Crippen LogP contribution is 2.21. The molecular formula is C14H12BrN3O4S. The van der Waals surface area contributed by atoms with Crippen molar-refractivity contribution in [3.63, 3.8) is 0 Å². The van der Waals surface area contributed by atoms with Gasteiger partial charge in [0.1, 0.15) is 5.75 Å². The molecular weight excluding hydrogens is 386 g/mol.